The van der Waals surface area contributed by atoms with Gasteiger partial charge in [0, 0.05) is 13.1 Å². The largest absolute Gasteiger partial charge is 0.477 e. The van der Waals surface area contributed by atoms with Crippen LogP contribution in [0.15, 0.2) is 18.2 Å². The molecule has 1 aromatic heterocycles. The molecular formula is C16H22N2O3. The average Bonchev–Trinajstić information content (AvgIpc) is 2.56. The number of ether oxygens (including phenoxy) is 1. The van der Waals surface area contributed by atoms with E-state index < -0.39 is 5.97 Å². The number of carboxylic acids is 1. The number of aromatic carboxylic acids is 1. The van der Waals surface area contributed by atoms with Gasteiger partial charge in [0.1, 0.15) is 5.82 Å². The highest BCUT2D eigenvalue weighted by molar-refractivity contribution is 5.85. The number of anilines is 1. The van der Waals surface area contributed by atoms with E-state index in [-0.39, 0.29) is 11.8 Å². The fourth-order valence-corrected chi connectivity index (χ4v) is 3.39. The van der Waals surface area contributed by atoms with E-state index in [1.807, 2.05) is 6.07 Å². The second-order valence-electron chi connectivity index (χ2n) is 5.94. The molecule has 0 bridgehead atoms. The molecule has 0 aromatic carbocycles. The van der Waals surface area contributed by atoms with Gasteiger partial charge in [0.25, 0.3) is 0 Å². The minimum Gasteiger partial charge on any atom is -0.477 e. The molecule has 1 aromatic rings. The molecule has 114 valence electrons. The van der Waals surface area contributed by atoms with Gasteiger partial charge in [-0.2, -0.15) is 0 Å². The van der Waals surface area contributed by atoms with Crippen molar-refractivity contribution in [3.8, 4) is 0 Å². The van der Waals surface area contributed by atoms with Gasteiger partial charge in [0.05, 0.1) is 12.7 Å². The van der Waals surface area contributed by atoms with Crippen LogP contribution < -0.4 is 4.90 Å². The Balaban J connectivity index is 1.70. The number of aromatic nitrogens is 1. The summed E-state index contributed by atoms with van der Waals surface area (Å²) in [7, 11) is 0. The molecule has 1 atom stereocenters. The summed E-state index contributed by atoms with van der Waals surface area (Å²) in [6, 6.07) is 5.18. The molecule has 2 aliphatic rings. The number of rotatable bonds is 3. The summed E-state index contributed by atoms with van der Waals surface area (Å²) < 4.78 is 5.96. The third-order valence-corrected chi connectivity index (χ3v) is 4.55. The van der Waals surface area contributed by atoms with Gasteiger partial charge >= 0.3 is 5.97 Å². The van der Waals surface area contributed by atoms with Gasteiger partial charge < -0.3 is 14.7 Å². The highest BCUT2D eigenvalue weighted by Gasteiger charge is 2.29. The van der Waals surface area contributed by atoms with Crippen LogP contribution >= 0.6 is 0 Å². The van der Waals surface area contributed by atoms with Crippen LogP contribution in [0.1, 0.15) is 42.6 Å². The zero-order valence-corrected chi connectivity index (χ0v) is 12.2. The Morgan fingerprint density at radius 3 is 2.86 bits per heavy atom. The first-order valence-electron chi connectivity index (χ1n) is 7.81. The molecule has 0 radical (unpaired) electrons. The maximum atomic E-state index is 11.0. The maximum Gasteiger partial charge on any atom is 0.354 e. The fourth-order valence-electron chi connectivity index (χ4n) is 3.39. The molecule has 1 saturated carbocycles. The summed E-state index contributed by atoms with van der Waals surface area (Å²) in [6.07, 6.45) is 6.71. The first kappa shape index (κ1) is 14.3. The van der Waals surface area contributed by atoms with E-state index >= 15 is 0 Å². The molecule has 2 heterocycles. The lowest BCUT2D eigenvalue weighted by Gasteiger charge is -2.39. The van der Waals surface area contributed by atoms with Crippen LogP contribution in [0.2, 0.25) is 0 Å². The number of hydrogen-bond donors (Lipinski definition) is 1. The number of carboxylic acid groups (broad SMARTS) is 1. The van der Waals surface area contributed by atoms with Gasteiger partial charge in [-0.25, -0.2) is 9.78 Å². The Morgan fingerprint density at radius 2 is 2.10 bits per heavy atom. The van der Waals surface area contributed by atoms with Gasteiger partial charge in [-0.05, 0) is 30.9 Å². The minimum atomic E-state index is -0.978. The van der Waals surface area contributed by atoms with E-state index in [1.54, 1.807) is 6.07 Å². The van der Waals surface area contributed by atoms with E-state index in [1.165, 1.54) is 38.2 Å². The minimum absolute atomic E-state index is 0.105. The van der Waals surface area contributed by atoms with Crippen LogP contribution in [0.5, 0.6) is 0 Å². The number of morpholine rings is 1. The Morgan fingerprint density at radius 1 is 1.29 bits per heavy atom. The smallest absolute Gasteiger partial charge is 0.354 e. The summed E-state index contributed by atoms with van der Waals surface area (Å²) in [6.45, 7) is 2.29. The Hall–Kier alpha value is -1.62. The highest BCUT2D eigenvalue weighted by atomic mass is 16.5. The number of nitrogens with zero attached hydrogens (tertiary/aromatic N) is 2. The highest BCUT2D eigenvalue weighted by Crippen LogP contribution is 2.30. The monoisotopic (exact) mass is 290 g/mol. The molecule has 21 heavy (non-hydrogen) atoms. The third kappa shape index (κ3) is 3.35. The molecule has 1 aliphatic heterocycles. The van der Waals surface area contributed by atoms with Crippen molar-refractivity contribution in [2.45, 2.75) is 38.2 Å². The molecule has 1 unspecified atom stereocenters. The van der Waals surface area contributed by atoms with E-state index in [0.717, 1.165) is 18.9 Å². The van der Waals surface area contributed by atoms with E-state index in [2.05, 4.69) is 9.88 Å². The zero-order chi connectivity index (χ0) is 14.7. The third-order valence-electron chi connectivity index (χ3n) is 4.55. The number of carbonyl (C=O) groups is 1. The topological polar surface area (TPSA) is 62.7 Å². The lowest BCUT2D eigenvalue weighted by atomic mass is 9.84. The van der Waals surface area contributed by atoms with E-state index in [9.17, 15) is 4.79 Å². The maximum absolute atomic E-state index is 11.0. The van der Waals surface area contributed by atoms with Crippen molar-refractivity contribution in [1.29, 1.82) is 0 Å². The Labute approximate surface area is 124 Å². The Kier molecular flexibility index (Phi) is 4.39. The quantitative estimate of drug-likeness (QED) is 0.927. The van der Waals surface area contributed by atoms with E-state index in [0.29, 0.717) is 12.5 Å². The molecule has 2 fully saturated rings. The molecule has 0 spiro atoms. The van der Waals surface area contributed by atoms with E-state index in [4.69, 9.17) is 9.84 Å². The lowest BCUT2D eigenvalue weighted by Crippen LogP contribution is -2.46. The van der Waals surface area contributed by atoms with Crippen molar-refractivity contribution in [2.24, 2.45) is 5.92 Å². The molecule has 5 heteroatoms. The van der Waals surface area contributed by atoms with Crippen molar-refractivity contribution in [3.63, 3.8) is 0 Å². The van der Waals surface area contributed by atoms with Crippen LogP contribution in [0.4, 0.5) is 5.82 Å². The molecule has 1 N–H and O–H groups in total. The van der Waals surface area contributed by atoms with Crippen LogP contribution in [0, 0.1) is 5.92 Å². The second-order valence-corrected chi connectivity index (χ2v) is 5.94. The summed E-state index contributed by atoms with van der Waals surface area (Å²) >= 11 is 0. The van der Waals surface area contributed by atoms with Gasteiger partial charge in [0.15, 0.2) is 5.69 Å². The second kappa shape index (κ2) is 6.43. The summed E-state index contributed by atoms with van der Waals surface area (Å²) in [5, 5.41) is 9.06. The van der Waals surface area contributed by atoms with Gasteiger partial charge in [-0.15, -0.1) is 0 Å². The SMILES string of the molecule is O=C(O)c1cccc(N2CCOC(C3CCCCC3)C2)n1. The Bertz CT molecular complexity index is 500. The van der Waals surface area contributed by atoms with Gasteiger partial charge in [-0.3, -0.25) is 0 Å². The molecule has 0 amide bonds. The molecule has 1 saturated heterocycles. The van der Waals surface area contributed by atoms with Gasteiger partial charge in [0.2, 0.25) is 0 Å². The summed E-state index contributed by atoms with van der Waals surface area (Å²) in [5.74, 6) is 0.414. The first-order chi connectivity index (χ1) is 10.2. The average molecular weight is 290 g/mol. The van der Waals surface area contributed by atoms with Crippen molar-refractivity contribution in [3.05, 3.63) is 23.9 Å². The fraction of sp³-hybridized carbons (Fsp3) is 0.625. The predicted molar refractivity (Wildman–Crippen MR) is 79.7 cm³/mol. The standard InChI is InChI=1S/C16H22N2O3/c19-16(20)13-7-4-8-15(17-13)18-9-10-21-14(11-18)12-5-2-1-3-6-12/h4,7-8,12,14H,1-3,5-6,9-11H2,(H,19,20). The molecule has 5 nitrogen and oxygen atoms in total. The summed E-state index contributed by atoms with van der Waals surface area (Å²) in [5.41, 5.74) is 0.105. The normalized spacial score (nSPS) is 24.0. The molecular weight excluding hydrogens is 268 g/mol. The van der Waals surface area contributed by atoms with Crippen molar-refractivity contribution in [1.82, 2.24) is 4.98 Å². The lowest BCUT2D eigenvalue weighted by molar-refractivity contribution is -0.00938. The zero-order valence-electron chi connectivity index (χ0n) is 12.2. The predicted octanol–water partition coefficient (Wildman–Crippen LogP) is 2.57. The molecule has 3 rings (SSSR count). The molecule has 1 aliphatic carbocycles. The first-order valence-corrected chi connectivity index (χ1v) is 7.81. The van der Waals surface area contributed by atoms with Crippen LogP contribution in [-0.4, -0.2) is 41.9 Å². The van der Waals surface area contributed by atoms with Gasteiger partial charge in [-0.1, -0.05) is 25.3 Å². The van der Waals surface area contributed by atoms with Crippen LogP contribution in [0.25, 0.3) is 0 Å². The number of pyridine rings is 1. The van der Waals surface area contributed by atoms with Crippen LogP contribution in [-0.2, 0) is 4.74 Å². The number of hydrogen-bond acceptors (Lipinski definition) is 4. The van der Waals surface area contributed by atoms with Crippen molar-refractivity contribution >= 4 is 11.8 Å². The van der Waals surface area contributed by atoms with Crippen molar-refractivity contribution < 1.29 is 14.6 Å². The summed E-state index contributed by atoms with van der Waals surface area (Å²) in [4.78, 5) is 17.5. The van der Waals surface area contributed by atoms with Crippen molar-refractivity contribution in [2.75, 3.05) is 24.6 Å². The van der Waals surface area contributed by atoms with Crippen LogP contribution in [0.3, 0.4) is 0 Å².